The molecule has 142 valence electrons. The Balaban J connectivity index is 1.48. The van der Waals surface area contributed by atoms with E-state index in [2.05, 4.69) is 63.1 Å². The van der Waals surface area contributed by atoms with Crippen molar-refractivity contribution in [2.24, 2.45) is 7.05 Å². The van der Waals surface area contributed by atoms with Crippen LogP contribution < -0.4 is 5.32 Å². The Morgan fingerprint density at radius 2 is 1.79 bits per heavy atom. The zero-order valence-corrected chi connectivity index (χ0v) is 16.2. The van der Waals surface area contributed by atoms with Gasteiger partial charge in [-0.2, -0.15) is 5.10 Å². The van der Waals surface area contributed by atoms with Crippen LogP contribution in [0.1, 0.15) is 5.56 Å². The molecule has 6 heteroatoms. The molecule has 0 amide bonds. The van der Waals surface area contributed by atoms with E-state index in [9.17, 15) is 0 Å². The summed E-state index contributed by atoms with van der Waals surface area (Å²) in [6.07, 6.45) is 7.75. The quantitative estimate of drug-likeness (QED) is 0.484. The third-order valence-electron chi connectivity index (χ3n) is 4.89. The van der Waals surface area contributed by atoms with Gasteiger partial charge in [-0.05, 0) is 48.9 Å². The summed E-state index contributed by atoms with van der Waals surface area (Å²) in [5.41, 5.74) is 7.09. The Morgan fingerprint density at radius 1 is 0.931 bits per heavy atom. The molecule has 5 rings (SSSR count). The normalized spacial score (nSPS) is 11.1. The number of imidazole rings is 1. The number of fused-ring (bicyclic) bond motifs is 1. The smallest absolute Gasteiger partial charge is 0.137 e. The van der Waals surface area contributed by atoms with Crippen LogP contribution in [0, 0.1) is 6.92 Å². The lowest BCUT2D eigenvalue weighted by Gasteiger charge is -2.08. The number of aryl methyl sites for hydroxylation is 2. The predicted molar refractivity (Wildman–Crippen MR) is 115 cm³/mol. The molecule has 0 saturated heterocycles. The highest BCUT2D eigenvalue weighted by atomic mass is 15.2. The monoisotopic (exact) mass is 380 g/mol. The summed E-state index contributed by atoms with van der Waals surface area (Å²) in [5.74, 6) is 0.799. The van der Waals surface area contributed by atoms with Crippen molar-refractivity contribution in [3.05, 3.63) is 84.9 Å². The van der Waals surface area contributed by atoms with E-state index >= 15 is 0 Å². The summed E-state index contributed by atoms with van der Waals surface area (Å²) in [6.45, 7) is 2.08. The average molecular weight is 380 g/mol. The van der Waals surface area contributed by atoms with Crippen molar-refractivity contribution in [1.29, 1.82) is 0 Å². The number of pyridine rings is 2. The lowest BCUT2D eigenvalue weighted by molar-refractivity contribution is 0.768. The summed E-state index contributed by atoms with van der Waals surface area (Å²) in [6, 6.07) is 18.4. The van der Waals surface area contributed by atoms with Gasteiger partial charge in [-0.15, -0.1) is 0 Å². The first-order valence-corrected chi connectivity index (χ1v) is 9.43. The first-order valence-electron chi connectivity index (χ1n) is 9.43. The van der Waals surface area contributed by atoms with Crippen LogP contribution >= 0.6 is 0 Å². The van der Waals surface area contributed by atoms with Crippen LogP contribution in [-0.4, -0.2) is 24.1 Å². The van der Waals surface area contributed by atoms with E-state index in [0.717, 1.165) is 39.7 Å². The second kappa shape index (κ2) is 6.91. The zero-order valence-electron chi connectivity index (χ0n) is 16.2. The second-order valence-corrected chi connectivity index (χ2v) is 7.09. The van der Waals surface area contributed by atoms with Gasteiger partial charge < -0.3 is 5.32 Å². The molecule has 0 atom stereocenters. The van der Waals surface area contributed by atoms with Crippen molar-refractivity contribution in [2.75, 3.05) is 5.32 Å². The molecule has 0 fully saturated rings. The molecule has 5 aromatic rings. The van der Waals surface area contributed by atoms with Gasteiger partial charge in [-0.1, -0.05) is 23.8 Å². The fraction of sp³-hybridized carbons (Fsp3) is 0.0870. The Morgan fingerprint density at radius 3 is 2.59 bits per heavy atom. The number of nitrogens with one attached hydrogen (secondary N) is 1. The molecular weight excluding hydrogens is 360 g/mol. The molecule has 29 heavy (non-hydrogen) atoms. The van der Waals surface area contributed by atoms with Crippen LogP contribution in [0.2, 0.25) is 0 Å². The van der Waals surface area contributed by atoms with Crippen molar-refractivity contribution < 1.29 is 0 Å². The van der Waals surface area contributed by atoms with E-state index in [1.807, 2.05) is 50.0 Å². The Bertz CT molecular complexity index is 1300. The van der Waals surface area contributed by atoms with Gasteiger partial charge in [0.25, 0.3) is 0 Å². The highest BCUT2D eigenvalue weighted by Crippen LogP contribution is 2.25. The number of aromatic nitrogens is 5. The van der Waals surface area contributed by atoms with Gasteiger partial charge in [0.1, 0.15) is 11.5 Å². The van der Waals surface area contributed by atoms with E-state index in [1.165, 1.54) is 5.56 Å². The molecule has 0 aliphatic carbocycles. The molecule has 0 aliphatic heterocycles. The Kier molecular flexibility index (Phi) is 4.09. The molecular formula is C23H20N6. The number of benzene rings is 1. The minimum atomic E-state index is 0.799. The maximum Gasteiger partial charge on any atom is 0.137 e. The summed E-state index contributed by atoms with van der Waals surface area (Å²) in [4.78, 5) is 9.37. The first-order chi connectivity index (χ1) is 14.2. The second-order valence-electron chi connectivity index (χ2n) is 7.09. The van der Waals surface area contributed by atoms with Crippen molar-refractivity contribution in [2.45, 2.75) is 6.92 Å². The predicted octanol–water partition coefficient (Wildman–Crippen LogP) is 4.85. The Labute approximate surface area is 168 Å². The lowest BCUT2D eigenvalue weighted by atomic mass is 10.1. The summed E-state index contributed by atoms with van der Waals surface area (Å²) in [7, 11) is 1.92. The molecule has 0 aliphatic rings. The molecule has 1 aromatic carbocycles. The molecule has 0 unspecified atom stereocenters. The van der Waals surface area contributed by atoms with Gasteiger partial charge in [0, 0.05) is 30.7 Å². The maximum atomic E-state index is 4.78. The van der Waals surface area contributed by atoms with Crippen LogP contribution in [0.5, 0.6) is 0 Å². The van der Waals surface area contributed by atoms with Gasteiger partial charge in [0.15, 0.2) is 0 Å². The van der Waals surface area contributed by atoms with Crippen LogP contribution in [0.15, 0.2) is 79.4 Å². The van der Waals surface area contributed by atoms with Crippen molar-refractivity contribution in [3.8, 4) is 22.5 Å². The topological polar surface area (TPSA) is 60.0 Å². The van der Waals surface area contributed by atoms with E-state index in [0.29, 0.717) is 0 Å². The molecule has 0 spiro atoms. The SMILES string of the molecule is Cc1ccc(Nc2cccc(-c3cnc4cc(-c5cnn(C)c5)ccn34)n2)cc1. The fourth-order valence-electron chi connectivity index (χ4n) is 3.35. The number of hydrogen-bond acceptors (Lipinski definition) is 4. The number of hydrogen-bond donors (Lipinski definition) is 1. The van der Waals surface area contributed by atoms with Crippen LogP contribution in [0.25, 0.3) is 28.2 Å². The van der Waals surface area contributed by atoms with E-state index in [4.69, 9.17) is 4.98 Å². The molecule has 0 saturated carbocycles. The third kappa shape index (κ3) is 3.36. The molecule has 1 N–H and O–H groups in total. The molecule has 4 heterocycles. The highest BCUT2D eigenvalue weighted by Gasteiger charge is 2.10. The van der Waals surface area contributed by atoms with Gasteiger partial charge in [0.2, 0.25) is 0 Å². The number of rotatable bonds is 4. The largest absolute Gasteiger partial charge is 0.340 e. The van der Waals surface area contributed by atoms with Crippen molar-refractivity contribution in [3.63, 3.8) is 0 Å². The van der Waals surface area contributed by atoms with Gasteiger partial charge in [-0.25, -0.2) is 9.97 Å². The first kappa shape index (κ1) is 17.2. The zero-order chi connectivity index (χ0) is 19.8. The van der Waals surface area contributed by atoms with E-state index < -0.39 is 0 Å². The fourth-order valence-corrected chi connectivity index (χ4v) is 3.35. The standard InChI is InChI=1S/C23H20N6/c1-16-6-8-19(9-7-16)26-22-5-3-4-20(27-22)21-14-24-23-12-17(10-11-29(21)23)18-13-25-28(2)15-18/h3-15H,1-2H3,(H,26,27). The number of anilines is 2. The maximum absolute atomic E-state index is 4.78. The minimum Gasteiger partial charge on any atom is -0.340 e. The molecule has 4 aromatic heterocycles. The summed E-state index contributed by atoms with van der Waals surface area (Å²) >= 11 is 0. The van der Waals surface area contributed by atoms with Crippen LogP contribution in [0.4, 0.5) is 11.5 Å². The molecule has 0 radical (unpaired) electrons. The van der Waals surface area contributed by atoms with Gasteiger partial charge >= 0.3 is 0 Å². The lowest BCUT2D eigenvalue weighted by Crippen LogP contribution is -1.96. The minimum absolute atomic E-state index is 0.799. The van der Waals surface area contributed by atoms with Gasteiger partial charge in [0.05, 0.1) is 23.8 Å². The summed E-state index contributed by atoms with van der Waals surface area (Å²) < 4.78 is 3.85. The van der Waals surface area contributed by atoms with Crippen molar-refractivity contribution in [1.82, 2.24) is 24.1 Å². The van der Waals surface area contributed by atoms with E-state index in [-0.39, 0.29) is 0 Å². The highest BCUT2D eigenvalue weighted by molar-refractivity contribution is 5.70. The average Bonchev–Trinajstić information content (AvgIpc) is 3.36. The van der Waals surface area contributed by atoms with Gasteiger partial charge in [-0.3, -0.25) is 9.08 Å². The Hall–Kier alpha value is -3.93. The van der Waals surface area contributed by atoms with Crippen molar-refractivity contribution >= 4 is 17.2 Å². The molecule has 6 nitrogen and oxygen atoms in total. The molecule has 0 bridgehead atoms. The van der Waals surface area contributed by atoms with Crippen LogP contribution in [-0.2, 0) is 7.05 Å². The number of nitrogens with zero attached hydrogens (tertiary/aromatic N) is 5. The summed E-state index contributed by atoms with van der Waals surface area (Å²) in [5, 5.41) is 7.61. The van der Waals surface area contributed by atoms with E-state index in [1.54, 1.807) is 4.68 Å². The van der Waals surface area contributed by atoms with Crippen LogP contribution in [0.3, 0.4) is 0 Å². The third-order valence-corrected chi connectivity index (χ3v) is 4.89.